The summed E-state index contributed by atoms with van der Waals surface area (Å²) >= 11 is 5.86. The van der Waals surface area contributed by atoms with Gasteiger partial charge in [-0.3, -0.25) is 0 Å². The van der Waals surface area contributed by atoms with E-state index in [1.807, 2.05) is 24.3 Å². The van der Waals surface area contributed by atoms with Gasteiger partial charge in [-0.2, -0.15) is 0 Å². The van der Waals surface area contributed by atoms with Crippen LogP contribution in [0.1, 0.15) is 11.1 Å². The number of hydrogen-bond acceptors (Lipinski definition) is 2. The topological polar surface area (TPSA) is 21.3 Å². The quantitative estimate of drug-likeness (QED) is 0.852. The predicted octanol–water partition coefficient (Wildman–Crippen LogP) is 3.61. The molecule has 2 aromatic carbocycles. The molecule has 2 nitrogen and oxygen atoms in total. The molecule has 4 heteroatoms. The minimum absolute atomic E-state index is 0.0898. The molecule has 0 aliphatic carbocycles. The zero-order valence-electron chi connectivity index (χ0n) is 11.6. The molecular weight excluding hydrogens is 289 g/mol. The highest BCUT2D eigenvalue weighted by atomic mass is 35.5. The van der Waals surface area contributed by atoms with Crippen LogP contribution in [0.25, 0.3) is 0 Å². The van der Waals surface area contributed by atoms with Crippen LogP contribution >= 0.6 is 11.6 Å². The summed E-state index contributed by atoms with van der Waals surface area (Å²) in [6.07, 6.45) is 1.80. The second-order valence-electron chi connectivity index (χ2n) is 5.28. The monoisotopic (exact) mass is 305 g/mol. The highest BCUT2D eigenvalue weighted by molar-refractivity contribution is 6.30. The van der Waals surface area contributed by atoms with E-state index >= 15 is 0 Å². The van der Waals surface area contributed by atoms with E-state index in [9.17, 15) is 4.39 Å². The third kappa shape index (κ3) is 3.74. The molecule has 0 radical (unpaired) electrons. The molecule has 110 valence electrons. The summed E-state index contributed by atoms with van der Waals surface area (Å²) in [6.45, 7) is 1.65. The molecule has 0 saturated carbocycles. The van der Waals surface area contributed by atoms with Crippen molar-refractivity contribution in [3.05, 3.63) is 64.4 Å². The standard InChI is InChI=1S/C17H17ClFNO/c18-14-3-1-12(2-4-14)7-8-20-11-16-10-13-9-15(19)5-6-17(13)21-16/h1-6,9,16,20H,7-8,10-11H2. The molecule has 21 heavy (non-hydrogen) atoms. The Morgan fingerprint density at radius 1 is 1.19 bits per heavy atom. The van der Waals surface area contributed by atoms with E-state index in [4.69, 9.17) is 16.3 Å². The maximum absolute atomic E-state index is 13.1. The molecule has 1 heterocycles. The summed E-state index contributed by atoms with van der Waals surface area (Å²) in [5.41, 5.74) is 2.21. The molecule has 1 atom stereocenters. The van der Waals surface area contributed by atoms with E-state index in [1.165, 1.54) is 11.6 Å². The van der Waals surface area contributed by atoms with E-state index in [2.05, 4.69) is 5.32 Å². The molecule has 0 spiro atoms. The molecule has 2 aromatic rings. The van der Waals surface area contributed by atoms with Gasteiger partial charge in [0.1, 0.15) is 17.7 Å². The normalized spacial score (nSPS) is 16.6. The average Bonchev–Trinajstić information content (AvgIpc) is 2.87. The van der Waals surface area contributed by atoms with Crippen LogP contribution in [-0.4, -0.2) is 19.2 Å². The van der Waals surface area contributed by atoms with Gasteiger partial charge in [-0.1, -0.05) is 23.7 Å². The first-order valence-corrected chi connectivity index (χ1v) is 7.49. The Balaban J connectivity index is 1.42. The lowest BCUT2D eigenvalue weighted by Crippen LogP contribution is -2.31. The molecule has 0 bridgehead atoms. The van der Waals surface area contributed by atoms with Crippen LogP contribution in [0.4, 0.5) is 4.39 Å². The van der Waals surface area contributed by atoms with Gasteiger partial charge in [-0.05, 0) is 48.9 Å². The van der Waals surface area contributed by atoms with Crippen molar-refractivity contribution in [1.29, 1.82) is 0 Å². The number of hydrogen-bond donors (Lipinski definition) is 1. The van der Waals surface area contributed by atoms with E-state index in [0.29, 0.717) is 0 Å². The fraction of sp³-hybridized carbons (Fsp3) is 0.294. The van der Waals surface area contributed by atoms with Crippen LogP contribution in [0.15, 0.2) is 42.5 Å². The van der Waals surface area contributed by atoms with E-state index < -0.39 is 0 Å². The molecular formula is C17H17ClFNO. The van der Waals surface area contributed by atoms with Crippen LogP contribution in [0.2, 0.25) is 5.02 Å². The number of halogens is 2. The van der Waals surface area contributed by atoms with Crippen molar-refractivity contribution in [2.24, 2.45) is 0 Å². The Labute approximate surface area is 128 Å². The van der Waals surface area contributed by atoms with Crippen LogP contribution in [-0.2, 0) is 12.8 Å². The van der Waals surface area contributed by atoms with Gasteiger partial charge in [0, 0.05) is 23.6 Å². The zero-order valence-corrected chi connectivity index (χ0v) is 12.4. The number of rotatable bonds is 5. The second kappa shape index (κ2) is 6.46. The van der Waals surface area contributed by atoms with Crippen molar-refractivity contribution in [3.63, 3.8) is 0 Å². The van der Waals surface area contributed by atoms with Crippen LogP contribution in [0.5, 0.6) is 5.75 Å². The Hall–Kier alpha value is -1.58. The van der Waals surface area contributed by atoms with Crippen LogP contribution < -0.4 is 10.1 Å². The summed E-state index contributed by atoms with van der Waals surface area (Å²) in [6, 6.07) is 12.6. The number of fused-ring (bicyclic) bond motifs is 1. The Bertz CT molecular complexity index is 615. The Morgan fingerprint density at radius 2 is 2.00 bits per heavy atom. The van der Waals surface area contributed by atoms with Crippen molar-refractivity contribution in [1.82, 2.24) is 5.32 Å². The van der Waals surface area contributed by atoms with Crippen molar-refractivity contribution in [2.75, 3.05) is 13.1 Å². The number of ether oxygens (including phenoxy) is 1. The van der Waals surface area contributed by atoms with Gasteiger partial charge in [0.25, 0.3) is 0 Å². The fourth-order valence-corrected chi connectivity index (χ4v) is 2.68. The molecule has 0 amide bonds. The third-order valence-electron chi connectivity index (χ3n) is 3.64. The first kappa shape index (κ1) is 14.4. The van der Waals surface area contributed by atoms with Gasteiger partial charge in [-0.25, -0.2) is 4.39 Å². The third-order valence-corrected chi connectivity index (χ3v) is 3.89. The van der Waals surface area contributed by atoms with Crippen LogP contribution in [0, 0.1) is 5.82 Å². The van der Waals surface area contributed by atoms with Gasteiger partial charge < -0.3 is 10.1 Å². The summed E-state index contributed by atoms with van der Waals surface area (Å²) in [7, 11) is 0. The highest BCUT2D eigenvalue weighted by Crippen LogP contribution is 2.28. The van der Waals surface area contributed by atoms with E-state index in [0.717, 1.165) is 42.3 Å². The maximum Gasteiger partial charge on any atom is 0.123 e. The lowest BCUT2D eigenvalue weighted by atomic mass is 10.1. The van der Waals surface area contributed by atoms with Gasteiger partial charge in [0.15, 0.2) is 0 Å². The van der Waals surface area contributed by atoms with Crippen molar-refractivity contribution >= 4 is 11.6 Å². The molecule has 0 fully saturated rings. The lowest BCUT2D eigenvalue weighted by molar-refractivity contribution is 0.228. The lowest BCUT2D eigenvalue weighted by Gasteiger charge is -2.11. The number of benzene rings is 2. The van der Waals surface area contributed by atoms with E-state index in [-0.39, 0.29) is 11.9 Å². The van der Waals surface area contributed by atoms with Crippen molar-refractivity contribution < 1.29 is 9.13 Å². The van der Waals surface area contributed by atoms with Crippen molar-refractivity contribution in [2.45, 2.75) is 18.9 Å². The summed E-state index contributed by atoms with van der Waals surface area (Å²) in [5, 5.41) is 4.15. The van der Waals surface area contributed by atoms with Gasteiger partial charge in [0.2, 0.25) is 0 Å². The summed E-state index contributed by atoms with van der Waals surface area (Å²) in [5.74, 6) is 0.606. The molecule has 3 rings (SSSR count). The largest absolute Gasteiger partial charge is 0.488 e. The first-order valence-electron chi connectivity index (χ1n) is 7.11. The van der Waals surface area contributed by atoms with Gasteiger partial charge in [0.05, 0.1) is 0 Å². The smallest absolute Gasteiger partial charge is 0.123 e. The number of nitrogens with one attached hydrogen (secondary N) is 1. The SMILES string of the molecule is Fc1ccc2c(c1)CC(CNCCc1ccc(Cl)cc1)O2. The Morgan fingerprint density at radius 3 is 2.81 bits per heavy atom. The highest BCUT2D eigenvalue weighted by Gasteiger charge is 2.22. The molecule has 0 saturated heterocycles. The average molecular weight is 306 g/mol. The minimum Gasteiger partial charge on any atom is -0.488 e. The molecule has 0 aromatic heterocycles. The second-order valence-corrected chi connectivity index (χ2v) is 5.71. The summed E-state index contributed by atoms with van der Waals surface area (Å²) in [4.78, 5) is 0. The van der Waals surface area contributed by atoms with Crippen LogP contribution in [0.3, 0.4) is 0 Å². The molecule has 1 aliphatic heterocycles. The van der Waals surface area contributed by atoms with E-state index in [1.54, 1.807) is 12.1 Å². The molecule has 1 N–H and O–H groups in total. The zero-order chi connectivity index (χ0) is 14.7. The molecule has 1 unspecified atom stereocenters. The summed E-state index contributed by atoms with van der Waals surface area (Å²) < 4.78 is 18.9. The van der Waals surface area contributed by atoms with Crippen molar-refractivity contribution in [3.8, 4) is 5.75 Å². The minimum atomic E-state index is -0.200. The first-order chi connectivity index (χ1) is 10.2. The predicted molar refractivity (Wildman–Crippen MR) is 82.5 cm³/mol. The Kier molecular flexibility index (Phi) is 4.42. The van der Waals surface area contributed by atoms with Gasteiger partial charge >= 0.3 is 0 Å². The van der Waals surface area contributed by atoms with Gasteiger partial charge in [-0.15, -0.1) is 0 Å². The maximum atomic E-state index is 13.1. The fourth-order valence-electron chi connectivity index (χ4n) is 2.55. The molecule has 1 aliphatic rings.